The van der Waals surface area contributed by atoms with Gasteiger partial charge in [-0.2, -0.15) is 0 Å². The number of methoxy groups -OCH3 is 1. The molecule has 1 atom stereocenters. The highest BCUT2D eigenvalue weighted by Crippen LogP contribution is 2.17. The molecule has 104 valence electrons. The van der Waals surface area contributed by atoms with Crippen molar-refractivity contribution >= 4 is 11.9 Å². The van der Waals surface area contributed by atoms with Crippen LogP contribution in [-0.2, 0) is 9.59 Å². The maximum atomic E-state index is 10.9. The zero-order valence-corrected chi connectivity index (χ0v) is 10.9. The van der Waals surface area contributed by atoms with Crippen LogP contribution in [-0.4, -0.2) is 36.7 Å². The summed E-state index contributed by atoms with van der Waals surface area (Å²) in [5.41, 5.74) is 0. The van der Waals surface area contributed by atoms with Crippen molar-refractivity contribution in [2.75, 3.05) is 13.7 Å². The molecule has 0 aliphatic heterocycles. The second-order valence-corrected chi connectivity index (χ2v) is 3.90. The van der Waals surface area contributed by atoms with E-state index in [2.05, 4.69) is 5.32 Å². The average molecular weight is 267 g/mol. The first-order chi connectivity index (χ1) is 9.02. The van der Waals surface area contributed by atoms with Crippen LogP contribution in [0.1, 0.15) is 13.3 Å². The summed E-state index contributed by atoms with van der Waals surface area (Å²) in [4.78, 5) is 21.7. The molecule has 2 N–H and O–H groups in total. The van der Waals surface area contributed by atoms with Gasteiger partial charge in [0.15, 0.2) is 0 Å². The van der Waals surface area contributed by atoms with Crippen LogP contribution in [0.25, 0.3) is 0 Å². The molecule has 0 fully saturated rings. The van der Waals surface area contributed by atoms with Crippen LogP contribution in [0.15, 0.2) is 24.3 Å². The molecule has 0 aliphatic rings. The summed E-state index contributed by atoms with van der Waals surface area (Å²) < 4.78 is 10.4. The van der Waals surface area contributed by atoms with Gasteiger partial charge in [0, 0.05) is 13.3 Å². The van der Waals surface area contributed by atoms with Gasteiger partial charge < -0.3 is 19.9 Å². The lowest BCUT2D eigenvalue weighted by Crippen LogP contribution is -2.40. The number of carboxylic acids is 1. The van der Waals surface area contributed by atoms with E-state index in [9.17, 15) is 9.59 Å². The number of carbonyl (C=O) groups excluding carboxylic acids is 1. The fourth-order valence-electron chi connectivity index (χ4n) is 1.47. The normalized spacial score (nSPS) is 11.5. The Morgan fingerprint density at radius 2 is 1.84 bits per heavy atom. The molecule has 0 radical (unpaired) electrons. The summed E-state index contributed by atoms with van der Waals surface area (Å²) in [7, 11) is 1.57. The first kappa shape index (κ1) is 14.8. The van der Waals surface area contributed by atoms with Crippen LogP contribution in [0.4, 0.5) is 0 Å². The molecule has 1 amide bonds. The van der Waals surface area contributed by atoms with Crippen molar-refractivity contribution in [1.82, 2.24) is 5.32 Å². The highest BCUT2D eigenvalue weighted by Gasteiger charge is 2.17. The first-order valence-electron chi connectivity index (χ1n) is 5.79. The Morgan fingerprint density at radius 3 is 2.32 bits per heavy atom. The summed E-state index contributed by atoms with van der Waals surface area (Å²) in [6.45, 7) is 1.48. The summed E-state index contributed by atoms with van der Waals surface area (Å²) in [5, 5.41) is 11.2. The van der Waals surface area contributed by atoms with Crippen molar-refractivity contribution in [2.45, 2.75) is 19.4 Å². The van der Waals surface area contributed by atoms with E-state index < -0.39 is 12.0 Å². The quantitative estimate of drug-likeness (QED) is 0.771. The fraction of sp³-hybridized carbons (Fsp3) is 0.385. The predicted octanol–water partition coefficient (Wildman–Crippen LogP) is 1.05. The third-order valence-corrected chi connectivity index (χ3v) is 2.41. The molecule has 0 heterocycles. The minimum Gasteiger partial charge on any atom is -0.497 e. The maximum Gasteiger partial charge on any atom is 0.326 e. The van der Waals surface area contributed by atoms with Crippen LogP contribution in [0, 0.1) is 0 Å². The van der Waals surface area contributed by atoms with Gasteiger partial charge in [0.2, 0.25) is 5.91 Å². The van der Waals surface area contributed by atoms with E-state index in [1.165, 1.54) is 6.92 Å². The second kappa shape index (κ2) is 7.25. The lowest BCUT2D eigenvalue weighted by Gasteiger charge is -2.13. The SMILES string of the molecule is COc1ccc(OCCC(NC(C)=O)C(=O)O)cc1. The van der Waals surface area contributed by atoms with E-state index in [4.69, 9.17) is 14.6 Å². The summed E-state index contributed by atoms with van der Waals surface area (Å²) in [5.74, 6) is -0.118. The van der Waals surface area contributed by atoms with Gasteiger partial charge in [0.05, 0.1) is 13.7 Å². The van der Waals surface area contributed by atoms with Crippen LogP contribution < -0.4 is 14.8 Å². The number of carboxylic acid groups (broad SMARTS) is 1. The zero-order valence-electron chi connectivity index (χ0n) is 10.9. The molecule has 0 saturated carbocycles. The molecule has 1 aromatic carbocycles. The third kappa shape index (κ3) is 5.29. The van der Waals surface area contributed by atoms with Gasteiger partial charge in [-0.15, -0.1) is 0 Å². The van der Waals surface area contributed by atoms with Gasteiger partial charge in [0.25, 0.3) is 0 Å². The molecule has 6 heteroatoms. The minimum atomic E-state index is -1.08. The number of ether oxygens (including phenoxy) is 2. The van der Waals surface area contributed by atoms with Gasteiger partial charge in [-0.3, -0.25) is 4.79 Å². The van der Waals surface area contributed by atoms with Crippen molar-refractivity contribution in [3.05, 3.63) is 24.3 Å². The Hall–Kier alpha value is -2.24. The van der Waals surface area contributed by atoms with E-state index >= 15 is 0 Å². The number of benzene rings is 1. The van der Waals surface area contributed by atoms with Crippen LogP contribution in [0.2, 0.25) is 0 Å². The molecule has 0 spiro atoms. The van der Waals surface area contributed by atoms with Crippen molar-refractivity contribution in [2.24, 2.45) is 0 Å². The topological polar surface area (TPSA) is 84.9 Å². The van der Waals surface area contributed by atoms with Gasteiger partial charge in [-0.1, -0.05) is 0 Å². The highest BCUT2D eigenvalue weighted by atomic mass is 16.5. The molecule has 0 bridgehead atoms. The van der Waals surface area contributed by atoms with E-state index in [0.717, 1.165) is 0 Å². The standard InChI is InChI=1S/C13H17NO5/c1-9(15)14-12(13(16)17)7-8-19-11-5-3-10(18-2)4-6-11/h3-6,12H,7-8H2,1-2H3,(H,14,15)(H,16,17). The van der Waals surface area contributed by atoms with Crippen LogP contribution in [0.3, 0.4) is 0 Å². The number of aliphatic carboxylic acids is 1. The van der Waals surface area contributed by atoms with E-state index in [0.29, 0.717) is 11.5 Å². The third-order valence-electron chi connectivity index (χ3n) is 2.41. The molecule has 0 aliphatic carbocycles. The number of amides is 1. The summed E-state index contributed by atoms with van der Waals surface area (Å²) >= 11 is 0. The number of carbonyl (C=O) groups is 2. The van der Waals surface area contributed by atoms with Crippen LogP contribution >= 0.6 is 0 Å². The van der Waals surface area contributed by atoms with E-state index in [1.54, 1.807) is 31.4 Å². The maximum absolute atomic E-state index is 10.9. The highest BCUT2D eigenvalue weighted by molar-refractivity contribution is 5.81. The number of rotatable bonds is 7. The largest absolute Gasteiger partial charge is 0.497 e. The summed E-state index contributed by atoms with van der Waals surface area (Å²) in [6.07, 6.45) is 0.195. The summed E-state index contributed by atoms with van der Waals surface area (Å²) in [6, 6.07) is 6.02. The molecule has 0 saturated heterocycles. The van der Waals surface area contributed by atoms with Crippen molar-refractivity contribution in [3.8, 4) is 11.5 Å². The van der Waals surface area contributed by atoms with E-state index in [1.807, 2.05) is 0 Å². The molecule has 6 nitrogen and oxygen atoms in total. The molecule has 19 heavy (non-hydrogen) atoms. The average Bonchev–Trinajstić information content (AvgIpc) is 2.37. The molecule has 1 aromatic rings. The Morgan fingerprint density at radius 1 is 1.26 bits per heavy atom. The minimum absolute atomic E-state index is 0.195. The number of hydrogen-bond donors (Lipinski definition) is 2. The lowest BCUT2D eigenvalue weighted by molar-refractivity contribution is -0.141. The monoisotopic (exact) mass is 267 g/mol. The Labute approximate surface area is 111 Å². The van der Waals surface area contributed by atoms with Crippen molar-refractivity contribution < 1.29 is 24.2 Å². The second-order valence-electron chi connectivity index (χ2n) is 3.90. The van der Waals surface area contributed by atoms with Gasteiger partial charge in [0.1, 0.15) is 17.5 Å². The number of hydrogen-bond acceptors (Lipinski definition) is 4. The van der Waals surface area contributed by atoms with Crippen molar-refractivity contribution in [1.29, 1.82) is 0 Å². The van der Waals surface area contributed by atoms with Gasteiger partial charge in [-0.25, -0.2) is 4.79 Å². The number of nitrogens with one attached hydrogen (secondary N) is 1. The fourth-order valence-corrected chi connectivity index (χ4v) is 1.47. The smallest absolute Gasteiger partial charge is 0.326 e. The molecular weight excluding hydrogens is 250 g/mol. The zero-order chi connectivity index (χ0) is 14.3. The molecule has 1 unspecified atom stereocenters. The Bertz CT molecular complexity index is 429. The van der Waals surface area contributed by atoms with Gasteiger partial charge >= 0.3 is 5.97 Å². The van der Waals surface area contributed by atoms with Crippen LogP contribution in [0.5, 0.6) is 11.5 Å². The molecule has 1 rings (SSSR count). The molecular formula is C13H17NO5. The van der Waals surface area contributed by atoms with E-state index in [-0.39, 0.29) is 18.9 Å². The van der Waals surface area contributed by atoms with Crippen molar-refractivity contribution in [3.63, 3.8) is 0 Å². The Balaban J connectivity index is 2.42. The predicted molar refractivity (Wildman–Crippen MR) is 68.3 cm³/mol. The molecule has 0 aromatic heterocycles. The lowest BCUT2D eigenvalue weighted by atomic mass is 10.2. The Kier molecular flexibility index (Phi) is 5.66. The first-order valence-corrected chi connectivity index (χ1v) is 5.79. The van der Waals surface area contributed by atoms with Gasteiger partial charge in [-0.05, 0) is 24.3 Å².